The van der Waals surface area contributed by atoms with Crippen LogP contribution in [0.4, 0.5) is 0 Å². The summed E-state index contributed by atoms with van der Waals surface area (Å²) in [6, 6.07) is 63.6. The Hall–Kier alpha value is -6.88. The number of benzene rings is 9. The van der Waals surface area contributed by atoms with Gasteiger partial charge in [-0.05, 0) is 62.8 Å². The summed E-state index contributed by atoms with van der Waals surface area (Å²) in [5.74, 6) is 0.662. The number of aromatic nitrogens is 3. The van der Waals surface area contributed by atoms with E-state index >= 15 is 0 Å². The van der Waals surface area contributed by atoms with Crippen LogP contribution in [0.1, 0.15) is 20.3 Å². The van der Waals surface area contributed by atoms with Crippen molar-refractivity contribution in [2.75, 3.05) is 0 Å². The Morgan fingerprint density at radius 1 is 0.456 bits per heavy atom. The van der Waals surface area contributed by atoms with Gasteiger partial charge in [0.05, 0.1) is 22.2 Å². The fraction of sp³-hybridized carbons (Fsp3) is 0.0566. The largest absolute Gasteiger partial charge is 0.277 e. The normalized spacial score (nSPS) is 11.8. The van der Waals surface area contributed by atoms with E-state index in [-0.39, 0.29) is 0 Å². The molecule has 3 aromatic heterocycles. The highest BCUT2D eigenvalue weighted by Crippen LogP contribution is 2.44. The molecule has 0 bridgehead atoms. The van der Waals surface area contributed by atoms with Crippen molar-refractivity contribution < 1.29 is 0 Å². The van der Waals surface area contributed by atoms with Crippen molar-refractivity contribution in [3.8, 4) is 28.3 Å². The van der Waals surface area contributed by atoms with Crippen molar-refractivity contribution >= 4 is 96.5 Å². The molecule has 12 aromatic rings. The second kappa shape index (κ2) is 13.4. The molecule has 0 saturated heterocycles. The van der Waals surface area contributed by atoms with Crippen LogP contribution in [0.3, 0.4) is 0 Å². The summed E-state index contributed by atoms with van der Waals surface area (Å²) in [6.45, 7) is 4.25. The molecule has 0 fully saturated rings. The molecule has 0 aliphatic heterocycles. The van der Waals surface area contributed by atoms with Crippen molar-refractivity contribution in [3.05, 3.63) is 176 Å². The molecule has 0 amide bonds. The zero-order chi connectivity index (χ0) is 38.0. The highest BCUT2D eigenvalue weighted by atomic mass is 32.1. The molecule has 0 spiro atoms. The Labute approximate surface area is 334 Å². The molecule has 0 saturated carbocycles. The predicted octanol–water partition coefficient (Wildman–Crippen LogP) is 15.3. The lowest BCUT2D eigenvalue weighted by Crippen LogP contribution is -2.04. The van der Waals surface area contributed by atoms with Crippen molar-refractivity contribution in [3.63, 3.8) is 0 Å². The third kappa shape index (κ3) is 5.32. The van der Waals surface area contributed by atoms with E-state index < -0.39 is 0 Å². The van der Waals surface area contributed by atoms with Gasteiger partial charge in [-0.25, -0.2) is 9.97 Å². The fourth-order valence-electron chi connectivity index (χ4n) is 8.67. The first-order valence-corrected chi connectivity index (χ1v) is 20.6. The first kappa shape index (κ1) is 33.5. The molecule has 0 aliphatic carbocycles. The van der Waals surface area contributed by atoms with Gasteiger partial charge in [-0.3, -0.25) is 4.57 Å². The lowest BCUT2D eigenvalue weighted by atomic mass is 9.99. The third-order valence-electron chi connectivity index (χ3n) is 11.2. The van der Waals surface area contributed by atoms with E-state index in [1.807, 2.05) is 11.3 Å². The topological polar surface area (TPSA) is 30.7 Å². The average Bonchev–Trinajstić information content (AvgIpc) is 3.81. The number of nitrogens with zero attached hydrogens (tertiary/aromatic N) is 3. The molecule has 12 rings (SSSR count). The van der Waals surface area contributed by atoms with Crippen LogP contribution in [-0.4, -0.2) is 14.5 Å². The van der Waals surface area contributed by atoms with Gasteiger partial charge in [0.1, 0.15) is 0 Å². The Balaban J connectivity index is 0.00000121. The van der Waals surface area contributed by atoms with Gasteiger partial charge in [-0.2, -0.15) is 0 Å². The Morgan fingerprint density at radius 3 is 1.91 bits per heavy atom. The van der Waals surface area contributed by atoms with Crippen LogP contribution in [0.25, 0.3) is 114 Å². The highest BCUT2D eigenvalue weighted by molar-refractivity contribution is 7.26. The minimum absolute atomic E-state index is 0.662. The molecule has 3 heterocycles. The molecule has 4 heteroatoms. The van der Waals surface area contributed by atoms with Gasteiger partial charge in [0, 0.05) is 52.8 Å². The molecule has 57 heavy (non-hydrogen) atoms. The molecular formula is C53H37N3S. The van der Waals surface area contributed by atoms with Gasteiger partial charge >= 0.3 is 0 Å². The van der Waals surface area contributed by atoms with E-state index in [1.165, 1.54) is 64.5 Å². The lowest BCUT2D eigenvalue weighted by molar-refractivity contribution is 1.02. The summed E-state index contributed by atoms with van der Waals surface area (Å²) in [7, 11) is 0. The predicted molar refractivity (Wildman–Crippen MR) is 246 cm³/mol. The molecule has 9 aromatic carbocycles. The Kier molecular flexibility index (Phi) is 7.87. The van der Waals surface area contributed by atoms with Gasteiger partial charge in [-0.15, -0.1) is 11.3 Å². The summed E-state index contributed by atoms with van der Waals surface area (Å²) in [5, 5.41) is 13.3. The van der Waals surface area contributed by atoms with Crippen LogP contribution in [0.2, 0.25) is 0 Å². The minimum atomic E-state index is 0.662. The summed E-state index contributed by atoms with van der Waals surface area (Å²) < 4.78 is 4.91. The van der Waals surface area contributed by atoms with Crippen LogP contribution in [0.15, 0.2) is 176 Å². The van der Waals surface area contributed by atoms with Crippen molar-refractivity contribution in [1.82, 2.24) is 14.5 Å². The van der Waals surface area contributed by atoms with Crippen molar-refractivity contribution in [1.29, 1.82) is 0 Å². The smallest absolute Gasteiger partial charge is 0.235 e. The number of hydrogen-bond acceptors (Lipinski definition) is 3. The van der Waals surface area contributed by atoms with Gasteiger partial charge in [0.25, 0.3) is 0 Å². The van der Waals surface area contributed by atoms with Gasteiger partial charge in [0.15, 0.2) is 0 Å². The van der Waals surface area contributed by atoms with E-state index in [0.29, 0.717) is 5.95 Å². The van der Waals surface area contributed by atoms with Crippen LogP contribution in [0, 0.1) is 0 Å². The van der Waals surface area contributed by atoms with Crippen LogP contribution in [-0.2, 0) is 0 Å². The molecule has 0 radical (unpaired) electrons. The summed E-state index contributed by atoms with van der Waals surface area (Å²) in [5.41, 5.74) is 7.46. The Bertz CT molecular complexity index is 3520. The summed E-state index contributed by atoms with van der Waals surface area (Å²) >= 11 is 1.87. The molecule has 0 atom stereocenters. The lowest BCUT2D eigenvalue weighted by Gasteiger charge is -2.15. The van der Waals surface area contributed by atoms with E-state index in [1.54, 1.807) is 0 Å². The zero-order valence-corrected chi connectivity index (χ0v) is 32.5. The SMILES string of the molecule is CCC.c1ccc(-c2nc(-n3c4cc5ccccc5cc4c4cccc(-c5ccc6c(c5)sc5ccc7ccccc7c56)c43)nc3c2ccc2ccccc23)cc1. The van der Waals surface area contributed by atoms with Gasteiger partial charge in [-0.1, -0.05) is 166 Å². The maximum atomic E-state index is 5.51. The fourth-order valence-corrected chi connectivity index (χ4v) is 9.83. The standard InChI is InChI=1S/C50H29N3S.C3H8/c1-2-13-32(14-3-1)47-41-25-21-31-12-7-9-18-37(31)48(41)52-50(51-47)53-43-28-34-16-5-4-15-33(34)27-42(43)39-20-10-19-38(49(39)53)35-22-24-40-45(29-35)54-44-26-23-30-11-6-8-17-36(30)46(40)44;1-3-2/h1-29H;3H2,1-2H3. The number of rotatable bonds is 3. The van der Waals surface area contributed by atoms with Gasteiger partial charge < -0.3 is 0 Å². The van der Waals surface area contributed by atoms with E-state index in [0.717, 1.165) is 49.5 Å². The van der Waals surface area contributed by atoms with Crippen LogP contribution in [0.5, 0.6) is 0 Å². The first-order valence-electron chi connectivity index (χ1n) is 19.7. The molecule has 0 unspecified atom stereocenters. The maximum Gasteiger partial charge on any atom is 0.235 e. The van der Waals surface area contributed by atoms with E-state index in [2.05, 4.69) is 194 Å². The summed E-state index contributed by atoms with van der Waals surface area (Å²) in [6.07, 6.45) is 1.25. The number of para-hydroxylation sites is 1. The van der Waals surface area contributed by atoms with Crippen LogP contribution < -0.4 is 0 Å². The second-order valence-electron chi connectivity index (χ2n) is 14.9. The van der Waals surface area contributed by atoms with Crippen molar-refractivity contribution in [2.24, 2.45) is 0 Å². The van der Waals surface area contributed by atoms with Crippen molar-refractivity contribution in [2.45, 2.75) is 20.3 Å². The number of thiophene rings is 1. The number of fused-ring (bicyclic) bond motifs is 12. The van der Waals surface area contributed by atoms with Gasteiger partial charge in [0.2, 0.25) is 5.95 Å². The molecule has 0 N–H and O–H groups in total. The molecule has 0 aliphatic rings. The van der Waals surface area contributed by atoms with E-state index in [9.17, 15) is 0 Å². The van der Waals surface area contributed by atoms with E-state index in [4.69, 9.17) is 9.97 Å². The first-order chi connectivity index (χ1) is 28.2. The highest BCUT2D eigenvalue weighted by Gasteiger charge is 2.22. The summed E-state index contributed by atoms with van der Waals surface area (Å²) in [4.78, 5) is 11.0. The minimum Gasteiger partial charge on any atom is -0.277 e. The number of hydrogen-bond donors (Lipinski definition) is 0. The zero-order valence-electron chi connectivity index (χ0n) is 31.7. The second-order valence-corrected chi connectivity index (χ2v) is 15.9. The molecular weight excluding hydrogens is 711 g/mol. The average molecular weight is 748 g/mol. The molecule has 270 valence electrons. The maximum absolute atomic E-state index is 5.51. The monoisotopic (exact) mass is 747 g/mol. The molecule has 3 nitrogen and oxygen atoms in total. The Morgan fingerprint density at radius 2 is 1.11 bits per heavy atom. The third-order valence-corrected chi connectivity index (χ3v) is 12.3. The quantitative estimate of drug-likeness (QED) is 0.169. The van der Waals surface area contributed by atoms with Crippen LogP contribution >= 0.6 is 11.3 Å².